The van der Waals surface area contributed by atoms with Gasteiger partial charge < -0.3 is 0 Å². The normalized spacial score (nSPS) is 22.7. The monoisotopic (exact) mass is 572 g/mol. The van der Waals surface area contributed by atoms with Gasteiger partial charge in [0.2, 0.25) is 0 Å². The quantitative estimate of drug-likeness (QED) is 0.388. The Kier molecular flexibility index (Phi) is 5.97. The van der Waals surface area contributed by atoms with Crippen molar-refractivity contribution >= 4 is 74.0 Å². The van der Waals surface area contributed by atoms with E-state index in [9.17, 15) is 0 Å². The van der Waals surface area contributed by atoms with Gasteiger partial charge in [-0.1, -0.05) is 0 Å². The molecule has 1 aromatic rings. The zero-order valence-electron chi connectivity index (χ0n) is 14.4. The summed E-state index contributed by atoms with van der Waals surface area (Å²) in [6.07, 6.45) is 0. The molecule has 1 unspecified atom stereocenters. The molecule has 1 aliphatic rings. The zero-order chi connectivity index (χ0) is 16.8. The van der Waals surface area contributed by atoms with Crippen LogP contribution in [0.1, 0.15) is 0 Å². The summed E-state index contributed by atoms with van der Waals surface area (Å²) in [5.74, 6) is 0.886. The molecule has 0 spiro atoms. The van der Waals surface area contributed by atoms with Crippen molar-refractivity contribution in [2.45, 2.75) is 29.6 Å². The minimum atomic E-state index is -2.40. The molecule has 122 valence electrons. The van der Waals surface area contributed by atoms with E-state index in [1.807, 2.05) is 23.5 Å². The first-order chi connectivity index (χ1) is 9.98. The Morgan fingerprint density at radius 2 is 1.64 bits per heavy atom. The van der Waals surface area contributed by atoms with E-state index >= 15 is 0 Å². The fourth-order valence-corrected chi connectivity index (χ4v) is 42.8. The molecule has 1 aromatic carbocycles. The SMILES string of the molecule is COc1ccc(P2(=S)S[C]([Sn]([CH3])([CH3])[CH3])=N[N]2[Sn]([CH3])([CH3])[CH3])cc1. The van der Waals surface area contributed by atoms with Gasteiger partial charge in [0, 0.05) is 0 Å². The first-order valence-electron chi connectivity index (χ1n) is 7.32. The van der Waals surface area contributed by atoms with Crippen LogP contribution in [0.25, 0.3) is 0 Å². The average Bonchev–Trinajstić information content (AvgIpc) is 2.78. The van der Waals surface area contributed by atoms with Crippen molar-refractivity contribution in [3.8, 4) is 5.75 Å². The zero-order valence-corrected chi connectivity index (χ0v) is 22.6. The molecule has 0 saturated carbocycles. The molecule has 2 rings (SSSR count). The fraction of sp³-hybridized carbons (Fsp3) is 0.500. The number of hydrogen-bond donors (Lipinski definition) is 0. The van der Waals surface area contributed by atoms with Gasteiger partial charge in [-0.05, 0) is 0 Å². The third-order valence-corrected chi connectivity index (χ3v) is 32.6. The predicted octanol–water partition coefficient (Wildman–Crippen LogP) is 4.70. The number of ether oxygens (including phenoxy) is 1. The van der Waals surface area contributed by atoms with Crippen molar-refractivity contribution in [2.75, 3.05) is 7.11 Å². The van der Waals surface area contributed by atoms with E-state index in [2.05, 4.69) is 44.8 Å². The number of hydrogen-bond acceptors (Lipinski definition) is 4. The van der Waals surface area contributed by atoms with E-state index in [-0.39, 0.29) is 0 Å². The van der Waals surface area contributed by atoms with Gasteiger partial charge in [0.15, 0.2) is 0 Å². The predicted molar refractivity (Wildman–Crippen MR) is 110 cm³/mol. The summed E-state index contributed by atoms with van der Waals surface area (Å²) in [6.45, 7) is 0. The Morgan fingerprint density at radius 3 is 2.05 bits per heavy atom. The van der Waals surface area contributed by atoms with Gasteiger partial charge >= 0.3 is 154 Å². The molecule has 3 nitrogen and oxygen atoms in total. The number of methoxy groups -OCH3 is 1. The third kappa shape index (κ3) is 4.01. The first-order valence-corrected chi connectivity index (χ1v) is 31.3. The Balaban J connectivity index is 2.49. The summed E-state index contributed by atoms with van der Waals surface area (Å²) in [4.78, 5) is 14.5. The maximum atomic E-state index is 6.26. The molecule has 0 radical (unpaired) electrons. The van der Waals surface area contributed by atoms with E-state index in [0.29, 0.717) is 0 Å². The van der Waals surface area contributed by atoms with Gasteiger partial charge in [-0.2, -0.15) is 0 Å². The molecule has 1 atom stereocenters. The van der Waals surface area contributed by atoms with Crippen LogP contribution >= 0.6 is 16.8 Å². The van der Waals surface area contributed by atoms with Crippen molar-refractivity contribution in [3.05, 3.63) is 24.3 Å². The van der Waals surface area contributed by atoms with Crippen LogP contribution in [0.4, 0.5) is 0 Å². The Labute approximate surface area is 152 Å². The van der Waals surface area contributed by atoms with Crippen LogP contribution in [0.2, 0.25) is 29.6 Å². The van der Waals surface area contributed by atoms with Crippen LogP contribution in [0.3, 0.4) is 0 Å². The summed E-state index contributed by atoms with van der Waals surface area (Å²) >= 11 is 3.58. The van der Waals surface area contributed by atoms with Crippen LogP contribution in [-0.2, 0) is 11.8 Å². The molecule has 0 N–H and O–H groups in total. The van der Waals surface area contributed by atoms with Crippen molar-refractivity contribution < 1.29 is 4.74 Å². The van der Waals surface area contributed by atoms with Crippen molar-refractivity contribution in [1.29, 1.82) is 0 Å². The number of nitrogens with zero attached hydrogens (tertiary/aromatic N) is 2. The third-order valence-electron chi connectivity index (χ3n) is 3.29. The van der Waals surface area contributed by atoms with E-state index in [0.717, 1.165) is 5.75 Å². The second-order valence-corrected chi connectivity index (χ2v) is 44.2. The molecule has 0 aromatic heterocycles. The molecule has 1 heterocycles. The molecule has 0 saturated heterocycles. The molecule has 0 aliphatic carbocycles. The Hall–Kier alpha value is 1.09. The minimum absolute atomic E-state index is 0.886. The van der Waals surface area contributed by atoms with Crippen LogP contribution in [0.15, 0.2) is 29.4 Å². The molecule has 0 amide bonds. The van der Waals surface area contributed by atoms with Gasteiger partial charge in [-0.15, -0.1) is 0 Å². The molecule has 0 fully saturated rings. The van der Waals surface area contributed by atoms with Gasteiger partial charge in [-0.25, -0.2) is 0 Å². The number of hydrazone groups is 1. The Morgan fingerprint density at radius 1 is 1.09 bits per heavy atom. The van der Waals surface area contributed by atoms with Gasteiger partial charge in [-0.3, -0.25) is 0 Å². The fourth-order valence-electron chi connectivity index (χ4n) is 2.08. The second kappa shape index (κ2) is 6.77. The van der Waals surface area contributed by atoms with Crippen molar-refractivity contribution in [1.82, 2.24) is 3.00 Å². The van der Waals surface area contributed by atoms with Crippen LogP contribution in [0, 0.1) is 0 Å². The summed E-state index contributed by atoms with van der Waals surface area (Å²) in [5.41, 5.74) is 0. The topological polar surface area (TPSA) is 24.8 Å². The average molecular weight is 570 g/mol. The van der Waals surface area contributed by atoms with Crippen LogP contribution < -0.4 is 10.0 Å². The molecule has 1 aliphatic heterocycles. The maximum absolute atomic E-state index is 6.26. The molecular formula is C14H25N2OPS2Sn2. The van der Waals surface area contributed by atoms with Gasteiger partial charge in [0.1, 0.15) is 0 Å². The van der Waals surface area contributed by atoms with E-state index < -0.39 is 42.4 Å². The van der Waals surface area contributed by atoms with E-state index in [4.69, 9.17) is 21.6 Å². The molecular weight excluding hydrogens is 545 g/mol. The van der Waals surface area contributed by atoms with Crippen LogP contribution in [-0.4, -0.2) is 50.2 Å². The van der Waals surface area contributed by atoms with Crippen LogP contribution in [0.5, 0.6) is 5.75 Å². The summed E-state index contributed by atoms with van der Waals surface area (Å²) in [7, 11) is 1.70. The van der Waals surface area contributed by atoms with E-state index in [1.165, 1.54) is 8.36 Å². The van der Waals surface area contributed by atoms with Crippen molar-refractivity contribution in [3.63, 3.8) is 0 Å². The summed E-state index contributed by atoms with van der Waals surface area (Å²) in [5, 5.41) is 4.51. The molecule has 8 heteroatoms. The van der Waals surface area contributed by atoms with Gasteiger partial charge in [0.25, 0.3) is 0 Å². The van der Waals surface area contributed by atoms with Crippen molar-refractivity contribution in [2.24, 2.45) is 5.10 Å². The number of rotatable bonds is 4. The summed E-state index contributed by atoms with van der Waals surface area (Å²) < 4.78 is 9.11. The first kappa shape index (κ1) is 19.4. The van der Waals surface area contributed by atoms with E-state index in [1.54, 1.807) is 7.11 Å². The van der Waals surface area contributed by atoms with Gasteiger partial charge in [0.05, 0.1) is 0 Å². The molecule has 0 bridgehead atoms. The standard InChI is InChI=1S/C8H7N2OPS2.6CH3.2Sn/c1-11-7-2-4-8(5-3-7)12(13)10-9-6-14-12;;;;;;;;/h2-5H,1H3;6*1H3;;/q-1;;;;;;;;+1. The Bertz CT molecular complexity index is 636. The molecule has 22 heavy (non-hydrogen) atoms. The second-order valence-electron chi connectivity index (χ2n) is 7.43. The number of benzene rings is 1. The summed E-state index contributed by atoms with van der Waals surface area (Å²) in [6, 6.07) is 8.35.